The highest BCUT2D eigenvalue weighted by atomic mass is 16.5. The second-order valence-electron chi connectivity index (χ2n) is 4.32. The number of aliphatic hydroxyl groups is 1. The van der Waals surface area contributed by atoms with Gasteiger partial charge in [0, 0.05) is 6.54 Å². The Hall–Kier alpha value is -1.75. The molecule has 0 saturated heterocycles. The van der Waals surface area contributed by atoms with E-state index in [9.17, 15) is 9.90 Å². The predicted molar refractivity (Wildman–Crippen MR) is 66.3 cm³/mol. The molecule has 0 fully saturated rings. The number of hydrogen-bond donors (Lipinski definition) is 3. The first-order chi connectivity index (χ1) is 7.92. The summed E-state index contributed by atoms with van der Waals surface area (Å²) < 4.78 is 5.10. The lowest BCUT2D eigenvalue weighted by Crippen LogP contribution is -2.40. The first-order valence-corrected chi connectivity index (χ1v) is 5.32. The van der Waals surface area contributed by atoms with Gasteiger partial charge in [0.15, 0.2) is 0 Å². The lowest BCUT2D eigenvalue weighted by molar-refractivity contribution is 0.0826. The van der Waals surface area contributed by atoms with E-state index in [0.29, 0.717) is 11.4 Å². The summed E-state index contributed by atoms with van der Waals surface area (Å²) in [5.74, 6) is 0.589. The van der Waals surface area contributed by atoms with Gasteiger partial charge in [-0.05, 0) is 26.0 Å². The van der Waals surface area contributed by atoms with Crippen LogP contribution in [0.2, 0.25) is 0 Å². The minimum atomic E-state index is -0.932. The van der Waals surface area contributed by atoms with Crippen LogP contribution < -0.4 is 15.4 Å². The average molecular weight is 238 g/mol. The van der Waals surface area contributed by atoms with Crippen LogP contribution in [0.5, 0.6) is 5.75 Å². The second-order valence-corrected chi connectivity index (χ2v) is 4.32. The third-order valence-electron chi connectivity index (χ3n) is 2.04. The Bertz CT molecular complexity index is 386. The fourth-order valence-electron chi connectivity index (χ4n) is 1.21. The lowest BCUT2D eigenvalue weighted by atomic mass is 10.1. The summed E-state index contributed by atoms with van der Waals surface area (Å²) in [5, 5.41) is 14.7. The number of rotatable bonds is 4. The zero-order valence-corrected chi connectivity index (χ0v) is 10.3. The highest BCUT2D eigenvalue weighted by molar-refractivity contribution is 5.90. The highest BCUT2D eigenvalue weighted by Crippen LogP contribution is 2.22. The van der Waals surface area contributed by atoms with E-state index >= 15 is 0 Å². The molecule has 0 aliphatic rings. The first-order valence-electron chi connectivity index (χ1n) is 5.32. The molecule has 0 unspecified atom stereocenters. The lowest BCUT2D eigenvalue weighted by Gasteiger charge is -2.18. The minimum absolute atomic E-state index is 0.175. The van der Waals surface area contributed by atoms with Crippen LogP contribution in [0.25, 0.3) is 0 Å². The zero-order valence-electron chi connectivity index (χ0n) is 10.3. The normalized spacial score (nSPS) is 10.8. The average Bonchev–Trinajstić information content (AvgIpc) is 2.26. The molecule has 3 N–H and O–H groups in total. The molecule has 0 heterocycles. The smallest absolute Gasteiger partial charge is 0.319 e. The van der Waals surface area contributed by atoms with Crippen molar-refractivity contribution in [3.8, 4) is 5.75 Å². The summed E-state index contributed by atoms with van der Waals surface area (Å²) in [5.41, 5.74) is -0.346. The summed E-state index contributed by atoms with van der Waals surface area (Å²) in [6, 6.07) is 6.73. The second kappa shape index (κ2) is 5.54. The molecule has 5 nitrogen and oxygen atoms in total. The fraction of sp³-hybridized carbons (Fsp3) is 0.417. The van der Waals surface area contributed by atoms with Gasteiger partial charge in [-0.3, -0.25) is 0 Å². The van der Waals surface area contributed by atoms with Gasteiger partial charge in [0.1, 0.15) is 5.75 Å². The van der Waals surface area contributed by atoms with E-state index in [-0.39, 0.29) is 12.6 Å². The summed E-state index contributed by atoms with van der Waals surface area (Å²) >= 11 is 0. The van der Waals surface area contributed by atoms with Gasteiger partial charge >= 0.3 is 6.03 Å². The van der Waals surface area contributed by atoms with Crippen molar-refractivity contribution in [2.45, 2.75) is 19.4 Å². The summed E-state index contributed by atoms with van der Waals surface area (Å²) in [4.78, 5) is 11.5. The van der Waals surface area contributed by atoms with Crippen LogP contribution in [0.4, 0.5) is 10.5 Å². The third kappa shape index (κ3) is 4.74. The van der Waals surface area contributed by atoms with E-state index in [1.165, 1.54) is 7.11 Å². The number of carbonyl (C=O) groups excluding carboxylic acids is 1. The van der Waals surface area contributed by atoms with Gasteiger partial charge in [0.25, 0.3) is 0 Å². The van der Waals surface area contributed by atoms with Crippen molar-refractivity contribution in [2.75, 3.05) is 19.0 Å². The number of anilines is 1. The van der Waals surface area contributed by atoms with Crippen LogP contribution >= 0.6 is 0 Å². The molecule has 0 aliphatic heterocycles. The van der Waals surface area contributed by atoms with Gasteiger partial charge in [0.2, 0.25) is 0 Å². The molecule has 0 radical (unpaired) electrons. The van der Waals surface area contributed by atoms with Crippen LogP contribution in [0.15, 0.2) is 24.3 Å². The molecule has 1 aromatic rings. The van der Waals surface area contributed by atoms with E-state index in [2.05, 4.69) is 10.6 Å². The fourth-order valence-corrected chi connectivity index (χ4v) is 1.21. The molecule has 0 atom stereocenters. The standard InChI is InChI=1S/C12H18N2O3/c1-12(2,16)8-13-11(15)14-9-6-4-5-7-10(9)17-3/h4-7,16H,8H2,1-3H3,(H2,13,14,15). The van der Waals surface area contributed by atoms with Gasteiger partial charge in [-0.25, -0.2) is 4.79 Å². The van der Waals surface area contributed by atoms with Crippen LogP contribution in [0, 0.1) is 0 Å². The maximum atomic E-state index is 11.5. The quantitative estimate of drug-likeness (QED) is 0.746. The Morgan fingerprint density at radius 3 is 2.65 bits per heavy atom. The monoisotopic (exact) mass is 238 g/mol. The van der Waals surface area contributed by atoms with Gasteiger partial charge in [0.05, 0.1) is 18.4 Å². The number of nitrogens with one attached hydrogen (secondary N) is 2. The van der Waals surface area contributed by atoms with Crippen molar-refractivity contribution in [3.63, 3.8) is 0 Å². The Morgan fingerprint density at radius 1 is 1.41 bits per heavy atom. The SMILES string of the molecule is COc1ccccc1NC(=O)NCC(C)(C)O. The number of amides is 2. The van der Waals surface area contributed by atoms with Crippen molar-refractivity contribution in [2.24, 2.45) is 0 Å². The van der Waals surface area contributed by atoms with E-state index < -0.39 is 5.60 Å². The van der Waals surface area contributed by atoms with E-state index in [1.54, 1.807) is 32.0 Å². The molecule has 0 spiro atoms. The topological polar surface area (TPSA) is 70.6 Å². The molecule has 0 aliphatic carbocycles. The Balaban J connectivity index is 2.56. The number of urea groups is 1. The van der Waals surface area contributed by atoms with E-state index in [4.69, 9.17) is 4.74 Å². The van der Waals surface area contributed by atoms with Crippen LogP contribution in [-0.2, 0) is 0 Å². The molecule has 1 rings (SSSR count). The molecule has 0 bridgehead atoms. The summed E-state index contributed by atoms with van der Waals surface area (Å²) in [7, 11) is 1.54. The van der Waals surface area contributed by atoms with Crippen molar-refractivity contribution >= 4 is 11.7 Å². The van der Waals surface area contributed by atoms with Crippen molar-refractivity contribution in [1.82, 2.24) is 5.32 Å². The number of benzene rings is 1. The number of carbonyl (C=O) groups is 1. The van der Waals surface area contributed by atoms with Gasteiger partial charge in [-0.1, -0.05) is 12.1 Å². The van der Waals surface area contributed by atoms with Crippen LogP contribution in [0.3, 0.4) is 0 Å². The maximum absolute atomic E-state index is 11.5. The van der Waals surface area contributed by atoms with Gasteiger partial charge in [-0.15, -0.1) is 0 Å². The molecular weight excluding hydrogens is 220 g/mol. The van der Waals surface area contributed by atoms with Gasteiger partial charge in [-0.2, -0.15) is 0 Å². The molecule has 94 valence electrons. The Morgan fingerprint density at radius 2 is 2.06 bits per heavy atom. The van der Waals surface area contributed by atoms with Gasteiger partial charge < -0.3 is 20.5 Å². The molecule has 5 heteroatoms. The van der Waals surface area contributed by atoms with Crippen molar-refractivity contribution in [1.29, 1.82) is 0 Å². The molecule has 1 aromatic carbocycles. The molecule has 0 aromatic heterocycles. The molecule has 2 amide bonds. The van der Waals surface area contributed by atoms with E-state index in [1.807, 2.05) is 6.07 Å². The van der Waals surface area contributed by atoms with E-state index in [0.717, 1.165) is 0 Å². The number of methoxy groups -OCH3 is 1. The molecule has 17 heavy (non-hydrogen) atoms. The Kier molecular flexibility index (Phi) is 4.34. The van der Waals surface area contributed by atoms with Crippen molar-refractivity contribution in [3.05, 3.63) is 24.3 Å². The summed E-state index contributed by atoms with van der Waals surface area (Å²) in [6.45, 7) is 3.42. The Labute approximate surface area is 101 Å². The zero-order chi connectivity index (χ0) is 12.9. The first kappa shape index (κ1) is 13.3. The highest BCUT2D eigenvalue weighted by Gasteiger charge is 2.14. The van der Waals surface area contributed by atoms with Crippen molar-refractivity contribution < 1.29 is 14.6 Å². The third-order valence-corrected chi connectivity index (χ3v) is 2.04. The number of para-hydroxylation sites is 2. The number of hydrogen-bond acceptors (Lipinski definition) is 3. The maximum Gasteiger partial charge on any atom is 0.319 e. The predicted octanol–water partition coefficient (Wildman–Crippen LogP) is 1.59. The minimum Gasteiger partial charge on any atom is -0.495 e. The van der Waals surface area contributed by atoms with Crippen LogP contribution in [0.1, 0.15) is 13.8 Å². The largest absolute Gasteiger partial charge is 0.495 e. The molecule has 0 saturated carbocycles. The molecular formula is C12H18N2O3. The summed E-state index contributed by atoms with van der Waals surface area (Å²) in [6.07, 6.45) is 0. The van der Waals surface area contributed by atoms with Crippen LogP contribution in [-0.4, -0.2) is 30.4 Å². The number of ether oxygens (including phenoxy) is 1.